The normalized spacial score (nSPS) is 6.88. The molecule has 0 aromatic carbocycles. The molecule has 0 unspecified atom stereocenters. The van der Waals surface area contributed by atoms with Gasteiger partial charge in [-0.15, -0.1) is 0 Å². The number of unbranched alkanes of at least 4 members (excludes halogenated alkanes) is 1. The Bertz CT molecular complexity index is 369. The van der Waals surface area contributed by atoms with Crippen molar-refractivity contribution in [3.05, 3.63) is 37.4 Å². The van der Waals surface area contributed by atoms with Gasteiger partial charge in [-0.1, -0.05) is 0 Å². The van der Waals surface area contributed by atoms with Crippen LogP contribution in [0.4, 0.5) is 0 Å². The van der Waals surface area contributed by atoms with Crippen LogP contribution < -0.4 is 0 Å². The second-order valence-electron chi connectivity index (χ2n) is 3.52. The zero-order chi connectivity index (χ0) is 15.1. The number of imidazole rings is 2. The van der Waals surface area contributed by atoms with Crippen molar-refractivity contribution in [2.75, 3.05) is 0 Å². The first-order valence-corrected chi connectivity index (χ1v) is 5.92. The Morgan fingerprint density at radius 2 is 1.08 bits per heavy atom. The third-order valence-corrected chi connectivity index (χ3v) is 1.84. The number of H-pyrrole nitrogens is 2. The van der Waals surface area contributed by atoms with Crippen LogP contribution in [-0.4, -0.2) is 53.0 Å². The smallest absolute Gasteiger partial charge is 0.303 e. The number of hydrogen-bond donors (Lipinski definition) is 4. The Hall–Kier alpha value is -1.16. The van der Waals surface area contributed by atoms with Crippen molar-refractivity contribution >= 4 is 11.9 Å². The summed E-state index contributed by atoms with van der Waals surface area (Å²) in [7, 11) is 0. The summed E-state index contributed by atoms with van der Waals surface area (Å²) >= 11 is 0. The van der Waals surface area contributed by atoms with Crippen LogP contribution in [0.15, 0.2) is 37.4 Å². The first-order chi connectivity index (χ1) is 9.63. The van der Waals surface area contributed by atoms with E-state index in [2.05, 4.69) is 19.9 Å². The van der Waals surface area contributed by atoms with Gasteiger partial charge >= 0.3 is 11.9 Å². The maximum absolute atomic E-state index is 9.90. The number of nitrogens with one attached hydrogen (secondary N) is 2. The average molecular weight is 509 g/mol. The minimum atomic E-state index is -0.870. The van der Waals surface area contributed by atoms with Crippen LogP contribution in [0.2, 0.25) is 0 Å². The van der Waals surface area contributed by atoms with Gasteiger partial charge in [-0.2, -0.15) is 0 Å². The SMILES string of the molecule is O.O.O=C(O)CCCCC(=O)O.[Cu].[Cu].[Cu].c1c[nH]cn1.c1c[nH]cn1. The van der Waals surface area contributed by atoms with Gasteiger partial charge in [-0.3, -0.25) is 9.59 Å². The Kier molecular flexibility index (Phi) is 48.0. The van der Waals surface area contributed by atoms with Gasteiger partial charge in [-0.25, -0.2) is 9.97 Å². The molecule has 13 heteroatoms. The van der Waals surface area contributed by atoms with Gasteiger partial charge in [0.2, 0.25) is 0 Å². The minimum Gasteiger partial charge on any atom is -0.481 e. The zero-order valence-electron chi connectivity index (χ0n) is 12.8. The Labute approximate surface area is 176 Å². The van der Waals surface area contributed by atoms with E-state index in [4.69, 9.17) is 10.2 Å². The second kappa shape index (κ2) is 30.7. The maximum Gasteiger partial charge on any atom is 0.303 e. The molecule has 0 bridgehead atoms. The summed E-state index contributed by atoms with van der Waals surface area (Å²) < 4.78 is 0. The number of rotatable bonds is 5. The molecule has 0 spiro atoms. The van der Waals surface area contributed by atoms with Crippen molar-refractivity contribution in [2.45, 2.75) is 25.7 Å². The van der Waals surface area contributed by atoms with E-state index in [1.807, 2.05) is 0 Å². The van der Waals surface area contributed by atoms with Crippen molar-refractivity contribution < 1.29 is 82.0 Å². The Balaban J connectivity index is -0.0000000522. The van der Waals surface area contributed by atoms with E-state index >= 15 is 0 Å². The summed E-state index contributed by atoms with van der Waals surface area (Å²) in [5, 5.41) is 16.3. The van der Waals surface area contributed by atoms with Crippen molar-refractivity contribution in [1.29, 1.82) is 0 Å². The first kappa shape index (κ1) is 39.1. The summed E-state index contributed by atoms with van der Waals surface area (Å²) in [5.41, 5.74) is 0. The third-order valence-electron chi connectivity index (χ3n) is 1.84. The molecule has 0 aliphatic rings. The molecular formula is C12H22Cu3N4O6. The quantitative estimate of drug-likeness (QED) is 0.320. The van der Waals surface area contributed by atoms with Crippen LogP contribution in [0.3, 0.4) is 0 Å². The third kappa shape index (κ3) is 39.5. The molecule has 3 radical (unpaired) electrons. The molecule has 0 saturated carbocycles. The van der Waals surface area contributed by atoms with Crippen LogP contribution in [0.1, 0.15) is 25.7 Å². The molecule has 2 aromatic heterocycles. The fourth-order valence-electron chi connectivity index (χ4n) is 0.983. The van der Waals surface area contributed by atoms with Gasteiger partial charge in [0.15, 0.2) is 0 Å². The summed E-state index contributed by atoms with van der Waals surface area (Å²) in [6.07, 6.45) is 11.2. The van der Waals surface area contributed by atoms with E-state index < -0.39 is 11.9 Å². The van der Waals surface area contributed by atoms with Gasteiger partial charge < -0.3 is 31.1 Å². The van der Waals surface area contributed by atoms with Crippen LogP contribution in [-0.2, 0) is 60.8 Å². The van der Waals surface area contributed by atoms with Gasteiger partial charge in [0.05, 0.1) is 12.7 Å². The largest absolute Gasteiger partial charge is 0.481 e. The van der Waals surface area contributed by atoms with E-state index in [-0.39, 0.29) is 75.0 Å². The summed E-state index contributed by atoms with van der Waals surface area (Å²) in [5.74, 6) is -1.74. The second-order valence-corrected chi connectivity index (χ2v) is 3.52. The monoisotopic (exact) mass is 507 g/mol. The van der Waals surface area contributed by atoms with Crippen molar-refractivity contribution in [1.82, 2.24) is 19.9 Å². The van der Waals surface area contributed by atoms with Crippen LogP contribution in [0.25, 0.3) is 0 Å². The molecule has 2 heterocycles. The van der Waals surface area contributed by atoms with Gasteiger partial charge in [0.25, 0.3) is 0 Å². The van der Waals surface area contributed by atoms with Crippen molar-refractivity contribution in [3.8, 4) is 0 Å². The number of carboxylic acids is 2. The fraction of sp³-hybridized carbons (Fsp3) is 0.333. The maximum atomic E-state index is 9.90. The Morgan fingerprint density at radius 3 is 1.20 bits per heavy atom. The van der Waals surface area contributed by atoms with Crippen LogP contribution in [0, 0.1) is 0 Å². The molecule has 25 heavy (non-hydrogen) atoms. The van der Waals surface area contributed by atoms with Gasteiger partial charge in [-0.05, 0) is 12.8 Å². The number of aromatic nitrogens is 4. The number of carboxylic acid groups (broad SMARTS) is 2. The number of hydrogen-bond acceptors (Lipinski definition) is 4. The van der Waals surface area contributed by atoms with E-state index in [1.165, 1.54) is 0 Å². The molecule has 0 aliphatic heterocycles. The molecule has 2 aromatic rings. The van der Waals surface area contributed by atoms with E-state index in [9.17, 15) is 9.59 Å². The topological polar surface area (TPSA) is 195 Å². The molecule has 0 saturated heterocycles. The minimum absolute atomic E-state index is 0. The predicted molar refractivity (Wildman–Crippen MR) is 78.1 cm³/mol. The number of aliphatic carboxylic acids is 2. The van der Waals surface area contributed by atoms with E-state index in [0.717, 1.165) is 0 Å². The summed E-state index contributed by atoms with van der Waals surface area (Å²) in [6.45, 7) is 0. The predicted octanol–water partition coefficient (Wildman–Crippen LogP) is -0.122. The summed E-state index contributed by atoms with van der Waals surface area (Å²) in [4.78, 5) is 32.6. The van der Waals surface area contributed by atoms with E-state index in [0.29, 0.717) is 12.8 Å². The van der Waals surface area contributed by atoms with Crippen molar-refractivity contribution in [3.63, 3.8) is 0 Å². The summed E-state index contributed by atoms with van der Waals surface area (Å²) in [6, 6.07) is 0. The molecule has 0 atom stereocenters. The fourth-order valence-corrected chi connectivity index (χ4v) is 0.983. The standard InChI is InChI=1S/C6H10O4.2C3H4N2.3Cu.2H2O/c7-5(8)3-1-2-4-6(9)10;2*1-2-5-3-4-1;;;;;/h1-4H2,(H,7,8)(H,9,10);2*1-3H,(H,4,5);;;;2*1H2. The molecule has 2 rings (SSSR count). The van der Waals surface area contributed by atoms with Crippen molar-refractivity contribution in [2.24, 2.45) is 0 Å². The molecule has 10 nitrogen and oxygen atoms in total. The number of nitrogens with zero attached hydrogens (tertiary/aromatic N) is 2. The molecule has 159 valence electrons. The molecule has 0 fully saturated rings. The van der Waals surface area contributed by atoms with Gasteiger partial charge in [0, 0.05) is 88.8 Å². The number of carbonyl (C=O) groups is 2. The molecule has 8 N–H and O–H groups in total. The average Bonchev–Trinajstić information content (AvgIpc) is 3.09. The number of aromatic amines is 2. The zero-order valence-corrected chi connectivity index (χ0v) is 15.6. The first-order valence-electron chi connectivity index (χ1n) is 5.92. The van der Waals surface area contributed by atoms with Crippen LogP contribution in [0.5, 0.6) is 0 Å². The molecule has 0 aliphatic carbocycles. The molecular weight excluding hydrogens is 487 g/mol. The Morgan fingerprint density at radius 1 is 0.760 bits per heavy atom. The van der Waals surface area contributed by atoms with Gasteiger partial charge in [0.1, 0.15) is 0 Å². The van der Waals surface area contributed by atoms with E-state index in [1.54, 1.807) is 37.4 Å². The van der Waals surface area contributed by atoms with Crippen LogP contribution >= 0.6 is 0 Å². The molecule has 0 amide bonds.